The van der Waals surface area contributed by atoms with Crippen LogP contribution < -0.4 is 5.32 Å². The Balaban J connectivity index is 1.47. The van der Waals surface area contributed by atoms with Gasteiger partial charge in [-0.1, -0.05) is 6.42 Å². The summed E-state index contributed by atoms with van der Waals surface area (Å²) in [4.78, 5) is 14.3. The highest BCUT2D eigenvalue weighted by molar-refractivity contribution is 5.79. The van der Waals surface area contributed by atoms with Crippen LogP contribution in [0.1, 0.15) is 38.5 Å². The largest absolute Gasteiger partial charge is 0.344 e. The lowest BCUT2D eigenvalue weighted by atomic mass is 10.0. The topological polar surface area (TPSA) is 32.3 Å². The van der Waals surface area contributed by atoms with Crippen molar-refractivity contribution in [3.05, 3.63) is 0 Å². The van der Waals surface area contributed by atoms with E-state index in [0.29, 0.717) is 17.9 Å². The van der Waals surface area contributed by atoms with Gasteiger partial charge in [-0.05, 0) is 50.5 Å². The molecule has 1 N–H and O–H groups in total. The van der Waals surface area contributed by atoms with Crippen molar-refractivity contribution in [2.45, 2.75) is 44.6 Å². The maximum atomic E-state index is 12.3. The third-order valence-corrected chi connectivity index (χ3v) is 4.88. The van der Waals surface area contributed by atoms with Gasteiger partial charge in [-0.25, -0.2) is 0 Å². The molecular formula is C14H24N2O. The molecule has 96 valence electrons. The number of carbonyl (C=O) groups excluding carboxylic acids is 1. The van der Waals surface area contributed by atoms with Crippen molar-refractivity contribution in [1.29, 1.82) is 0 Å². The van der Waals surface area contributed by atoms with Crippen LogP contribution in [0.15, 0.2) is 0 Å². The molecule has 3 fully saturated rings. The molecule has 3 atom stereocenters. The van der Waals surface area contributed by atoms with Gasteiger partial charge in [0.1, 0.15) is 0 Å². The zero-order valence-electron chi connectivity index (χ0n) is 10.8. The third-order valence-electron chi connectivity index (χ3n) is 4.88. The highest BCUT2D eigenvalue weighted by Gasteiger charge is 2.48. The monoisotopic (exact) mass is 236 g/mol. The van der Waals surface area contributed by atoms with Crippen molar-refractivity contribution in [1.82, 2.24) is 10.2 Å². The van der Waals surface area contributed by atoms with Crippen LogP contribution in [0.5, 0.6) is 0 Å². The van der Waals surface area contributed by atoms with Gasteiger partial charge >= 0.3 is 0 Å². The molecule has 3 aliphatic rings. The summed E-state index contributed by atoms with van der Waals surface area (Å²) in [5.41, 5.74) is 0. The molecule has 1 heterocycles. The number of carbonyl (C=O) groups is 1. The first-order valence-corrected chi connectivity index (χ1v) is 7.22. The average Bonchev–Trinajstić information content (AvgIpc) is 2.96. The van der Waals surface area contributed by atoms with Crippen molar-refractivity contribution >= 4 is 5.91 Å². The summed E-state index contributed by atoms with van der Waals surface area (Å²) < 4.78 is 0. The number of piperidine rings is 1. The van der Waals surface area contributed by atoms with Crippen LogP contribution in [-0.2, 0) is 4.79 Å². The lowest BCUT2D eigenvalue weighted by Gasteiger charge is -2.29. The number of hydrogen-bond donors (Lipinski definition) is 1. The lowest BCUT2D eigenvalue weighted by Crippen LogP contribution is -2.45. The Morgan fingerprint density at radius 3 is 2.65 bits per heavy atom. The second-order valence-corrected chi connectivity index (χ2v) is 6.29. The van der Waals surface area contributed by atoms with Gasteiger partial charge in [-0.2, -0.15) is 0 Å². The fourth-order valence-electron chi connectivity index (χ4n) is 3.73. The minimum atomic E-state index is 0.354. The van der Waals surface area contributed by atoms with Crippen LogP contribution in [0.2, 0.25) is 0 Å². The van der Waals surface area contributed by atoms with Gasteiger partial charge in [0.05, 0.1) is 0 Å². The van der Waals surface area contributed by atoms with Crippen LogP contribution in [-0.4, -0.2) is 37.0 Å². The van der Waals surface area contributed by atoms with Gasteiger partial charge in [-0.15, -0.1) is 0 Å². The quantitative estimate of drug-likeness (QED) is 0.808. The molecule has 2 aliphatic carbocycles. The van der Waals surface area contributed by atoms with E-state index in [2.05, 4.69) is 5.32 Å². The molecule has 3 nitrogen and oxygen atoms in total. The summed E-state index contributed by atoms with van der Waals surface area (Å²) in [7, 11) is 1.99. The molecule has 2 saturated carbocycles. The molecule has 17 heavy (non-hydrogen) atoms. The first-order chi connectivity index (χ1) is 8.24. The van der Waals surface area contributed by atoms with Gasteiger partial charge < -0.3 is 10.2 Å². The van der Waals surface area contributed by atoms with Crippen LogP contribution in [0, 0.1) is 17.8 Å². The molecule has 0 aromatic heterocycles. The molecule has 3 heteroatoms. The van der Waals surface area contributed by atoms with E-state index in [1.54, 1.807) is 0 Å². The normalized spacial score (nSPS) is 39.8. The van der Waals surface area contributed by atoms with E-state index in [1.807, 2.05) is 11.9 Å². The van der Waals surface area contributed by atoms with E-state index in [1.165, 1.54) is 38.5 Å². The van der Waals surface area contributed by atoms with Gasteiger partial charge in [0.25, 0.3) is 0 Å². The van der Waals surface area contributed by atoms with E-state index >= 15 is 0 Å². The number of fused-ring (bicyclic) bond motifs is 1. The van der Waals surface area contributed by atoms with Gasteiger partial charge in [0, 0.05) is 25.6 Å². The molecule has 3 rings (SSSR count). The molecule has 0 aromatic carbocycles. The molecule has 3 unspecified atom stereocenters. The lowest BCUT2D eigenvalue weighted by molar-refractivity contribution is -0.134. The number of hydrogen-bond acceptors (Lipinski definition) is 2. The summed E-state index contributed by atoms with van der Waals surface area (Å²) in [5, 5.41) is 3.52. The highest BCUT2D eigenvalue weighted by atomic mass is 16.2. The molecular weight excluding hydrogens is 212 g/mol. The van der Waals surface area contributed by atoms with Crippen molar-refractivity contribution in [2.24, 2.45) is 17.8 Å². The zero-order valence-corrected chi connectivity index (χ0v) is 10.8. The maximum absolute atomic E-state index is 12.3. The number of amides is 1. The summed E-state index contributed by atoms with van der Waals surface area (Å²) in [5.74, 6) is 2.58. The highest BCUT2D eigenvalue weighted by Crippen LogP contribution is 2.54. The van der Waals surface area contributed by atoms with E-state index in [0.717, 1.165) is 24.9 Å². The Hall–Kier alpha value is -0.570. The molecule has 0 aromatic rings. The van der Waals surface area contributed by atoms with Crippen LogP contribution in [0.4, 0.5) is 0 Å². The Kier molecular flexibility index (Phi) is 3.12. The molecule has 0 radical (unpaired) electrons. The summed E-state index contributed by atoms with van der Waals surface area (Å²) in [6.07, 6.45) is 7.58. The van der Waals surface area contributed by atoms with E-state index in [4.69, 9.17) is 0 Å². The van der Waals surface area contributed by atoms with Gasteiger partial charge in [0.2, 0.25) is 5.91 Å². The van der Waals surface area contributed by atoms with Gasteiger partial charge in [-0.3, -0.25) is 4.79 Å². The maximum Gasteiger partial charge on any atom is 0.225 e. The molecule has 1 aliphatic heterocycles. The van der Waals surface area contributed by atoms with Crippen molar-refractivity contribution in [3.63, 3.8) is 0 Å². The summed E-state index contributed by atoms with van der Waals surface area (Å²) in [6.45, 7) is 2.03. The minimum Gasteiger partial charge on any atom is -0.344 e. The second kappa shape index (κ2) is 4.60. The van der Waals surface area contributed by atoms with E-state index < -0.39 is 0 Å². The summed E-state index contributed by atoms with van der Waals surface area (Å²) >= 11 is 0. The zero-order chi connectivity index (χ0) is 11.8. The number of nitrogens with one attached hydrogen (secondary N) is 1. The standard InChI is InChI=1S/C14H24N2O/c1-16(9-13-4-2-3-5-15-13)14(17)12-7-10-6-11(10)8-12/h10-13,15H,2-9H2,1H3. The van der Waals surface area contributed by atoms with E-state index in [9.17, 15) is 4.79 Å². The summed E-state index contributed by atoms with van der Waals surface area (Å²) in [6, 6.07) is 0.536. The number of likely N-dealkylation sites (N-methyl/N-ethyl adjacent to an activating group) is 1. The van der Waals surface area contributed by atoms with E-state index in [-0.39, 0.29) is 0 Å². The third kappa shape index (κ3) is 2.49. The Morgan fingerprint density at radius 1 is 1.24 bits per heavy atom. The first-order valence-electron chi connectivity index (χ1n) is 7.22. The van der Waals surface area contributed by atoms with Gasteiger partial charge in [0.15, 0.2) is 0 Å². The predicted molar refractivity (Wildman–Crippen MR) is 67.6 cm³/mol. The number of rotatable bonds is 3. The fourth-order valence-corrected chi connectivity index (χ4v) is 3.73. The Bertz CT molecular complexity index is 289. The fraction of sp³-hybridized carbons (Fsp3) is 0.929. The van der Waals surface area contributed by atoms with Crippen LogP contribution in [0.3, 0.4) is 0 Å². The molecule has 0 bridgehead atoms. The smallest absolute Gasteiger partial charge is 0.225 e. The molecule has 0 spiro atoms. The molecule has 1 amide bonds. The van der Waals surface area contributed by atoms with Crippen molar-refractivity contribution in [3.8, 4) is 0 Å². The Labute approximate surface area is 104 Å². The molecule has 1 saturated heterocycles. The Morgan fingerprint density at radius 2 is 2.00 bits per heavy atom. The van der Waals surface area contributed by atoms with Crippen molar-refractivity contribution in [2.75, 3.05) is 20.1 Å². The van der Waals surface area contributed by atoms with Crippen molar-refractivity contribution < 1.29 is 4.79 Å². The van der Waals surface area contributed by atoms with Crippen LogP contribution >= 0.6 is 0 Å². The number of nitrogens with zero attached hydrogens (tertiary/aromatic N) is 1. The predicted octanol–water partition coefficient (Wildman–Crippen LogP) is 1.63. The SMILES string of the molecule is CN(CC1CCCCN1)C(=O)C1CC2CC2C1. The second-order valence-electron chi connectivity index (χ2n) is 6.29. The first kappa shape index (κ1) is 11.5. The average molecular weight is 236 g/mol. The minimum absolute atomic E-state index is 0.354. The van der Waals surface area contributed by atoms with Crippen LogP contribution in [0.25, 0.3) is 0 Å².